The molecule has 0 bridgehead atoms. The second-order valence-electron chi connectivity index (χ2n) is 5.91. The van der Waals surface area contributed by atoms with Crippen LogP contribution in [0.5, 0.6) is 0 Å². The normalized spacial score (nSPS) is 11.4. The van der Waals surface area contributed by atoms with Gasteiger partial charge in [0.1, 0.15) is 11.5 Å². The van der Waals surface area contributed by atoms with Crippen molar-refractivity contribution in [3.8, 4) is 0 Å². The van der Waals surface area contributed by atoms with Crippen LogP contribution in [0.3, 0.4) is 0 Å². The molecule has 0 fully saturated rings. The predicted molar refractivity (Wildman–Crippen MR) is 105 cm³/mol. The Bertz CT molecular complexity index is 785. The van der Waals surface area contributed by atoms with Gasteiger partial charge in [-0.2, -0.15) is 11.8 Å². The summed E-state index contributed by atoms with van der Waals surface area (Å²) in [6.45, 7) is 2.75. The Morgan fingerprint density at radius 3 is 2.54 bits per heavy atom. The maximum atomic E-state index is 12.3. The first-order valence-corrected chi connectivity index (χ1v) is 11.6. The van der Waals surface area contributed by atoms with E-state index in [0.717, 1.165) is 17.9 Å². The molecule has 1 aromatic heterocycles. The highest BCUT2D eigenvalue weighted by molar-refractivity contribution is 7.99. The smallest absolute Gasteiger partial charge is 0.286 e. The summed E-state index contributed by atoms with van der Waals surface area (Å²) < 4.78 is 30.1. The van der Waals surface area contributed by atoms with Gasteiger partial charge in [0.25, 0.3) is 5.91 Å². The molecule has 0 aliphatic carbocycles. The van der Waals surface area contributed by atoms with Crippen LogP contribution >= 0.6 is 11.8 Å². The fraction of sp³-hybridized carbons (Fsp3) is 0.421. The van der Waals surface area contributed by atoms with Gasteiger partial charge in [0, 0.05) is 6.54 Å². The third-order valence-electron chi connectivity index (χ3n) is 3.71. The molecule has 2 rings (SSSR count). The second kappa shape index (κ2) is 10.4. The number of sulfone groups is 1. The van der Waals surface area contributed by atoms with E-state index in [1.807, 2.05) is 11.8 Å². The third-order valence-corrected chi connectivity index (χ3v) is 6.52. The maximum absolute atomic E-state index is 12.3. The van der Waals surface area contributed by atoms with E-state index in [9.17, 15) is 13.2 Å². The average Bonchev–Trinajstić information content (AvgIpc) is 3.09. The Hall–Kier alpha value is -1.73. The van der Waals surface area contributed by atoms with E-state index < -0.39 is 9.84 Å². The fourth-order valence-electron chi connectivity index (χ4n) is 2.29. The summed E-state index contributed by atoms with van der Waals surface area (Å²) in [5.74, 6) is 1.99. The molecule has 0 aliphatic rings. The molecule has 0 radical (unpaired) electrons. The van der Waals surface area contributed by atoms with Crippen LogP contribution in [-0.4, -0.2) is 32.4 Å². The summed E-state index contributed by atoms with van der Waals surface area (Å²) in [5.41, 5.74) is 0. The standard InChI is InChI=1S/C19H25NO4S2/c1-2-3-13-25-14-7-12-20-19(21)18-11-10-16(24-18)15-26(22,23)17-8-5-4-6-9-17/h4-6,8-11H,2-3,7,12-15H2,1H3,(H,20,21). The first kappa shape index (κ1) is 20.6. The molecule has 0 unspecified atom stereocenters. The summed E-state index contributed by atoms with van der Waals surface area (Å²) in [4.78, 5) is 12.3. The van der Waals surface area contributed by atoms with Crippen LogP contribution in [0.1, 0.15) is 42.5 Å². The molecule has 0 spiro atoms. The summed E-state index contributed by atoms with van der Waals surface area (Å²) >= 11 is 1.89. The fourth-order valence-corrected chi connectivity index (χ4v) is 4.60. The average molecular weight is 396 g/mol. The number of amides is 1. The molecule has 1 N–H and O–H groups in total. The summed E-state index contributed by atoms with van der Waals surface area (Å²) in [5, 5.41) is 2.80. The van der Waals surface area contributed by atoms with Gasteiger partial charge in [0.15, 0.2) is 15.6 Å². The second-order valence-corrected chi connectivity index (χ2v) is 9.13. The van der Waals surface area contributed by atoms with Gasteiger partial charge in [-0.15, -0.1) is 0 Å². The maximum Gasteiger partial charge on any atom is 0.286 e. The summed E-state index contributed by atoms with van der Waals surface area (Å²) in [6.07, 6.45) is 3.32. The van der Waals surface area contributed by atoms with Crippen molar-refractivity contribution in [1.82, 2.24) is 5.32 Å². The van der Waals surface area contributed by atoms with E-state index >= 15 is 0 Å². The molecular formula is C19H25NO4S2. The van der Waals surface area contributed by atoms with Crippen molar-refractivity contribution in [3.05, 3.63) is 54.0 Å². The molecule has 5 nitrogen and oxygen atoms in total. The van der Waals surface area contributed by atoms with Gasteiger partial charge in [-0.3, -0.25) is 4.79 Å². The van der Waals surface area contributed by atoms with E-state index in [1.54, 1.807) is 30.3 Å². The Morgan fingerprint density at radius 2 is 1.81 bits per heavy atom. The predicted octanol–water partition coefficient (Wildman–Crippen LogP) is 3.91. The van der Waals surface area contributed by atoms with Gasteiger partial charge in [0.2, 0.25) is 0 Å². The number of rotatable bonds is 11. The van der Waals surface area contributed by atoms with Gasteiger partial charge in [0.05, 0.1) is 4.90 Å². The number of furan rings is 1. The van der Waals surface area contributed by atoms with Gasteiger partial charge >= 0.3 is 0 Å². The lowest BCUT2D eigenvalue weighted by atomic mass is 10.4. The number of nitrogens with one attached hydrogen (secondary N) is 1. The SMILES string of the molecule is CCCCSCCCNC(=O)c1ccc(CS(=O)(=O)c2ccccc2)o1. The Balaban J connectivity index is 1.81. The minimum absolute atomic E-state index is 0.141. The first-order valence-electron chi connectivity index (χ1n) is 8.75. The number of hydrogen-bond donors (Lipinski definition) is 1. The van der Waals surface area contributed by atoms with E-state index in [4.69, 9.17) is 4.42 Å². The molecule has 26 heavy (non-hydrogen) atoms. The molecule has 2 aromatic rings. The van der Waals surface area contributed by atoms with Crippen LogP contribution in [0.25, 0.3) is 0 Å². The van der Waals surface area contributed by atoms with Crippen LogP contribution in [0, 0.1) is 0 Å². The van der Waals surface area contributed by atoms with E-state index in [2.05, 4.69) is 12.2 Å². The van der Waals surface area contributed by atoms with Crippen LogP contribution in [-0.2, 0) is 15.6 Å². The Morgan fingerprint density at radius 1 is 1.08 bits per heavy atom. The van der Waals surface area contributed by atoms with Crippen molar-refractivity contribution >= 4 is 27.5 Å². The molecule has 1 amide bonds. The van der Waals surface area contributed by atoms with Crippen molar-refractivity contribution in [1.29, 1.82) is 0 Å². The lowest BCUT2D eigenvalue weighted by Gasteiger charge is -2.04. The molecule has 0 atom stereocenters. The highest BCUT2D eigenvalue weighted by Crippen LogP contribution is 2.18. The first-order chi connectivity index (χ1) is 12.5. The lowest BCUT2D eigenvalue weighted by Crippen LogP contribution is -2.24. The van der Waals surface area contributed by atoms with Crippen molar-refractivity contribution < 1.29 is 17.6 Å². The number of unbranched alkanes of at least 4 members (excludes halogenated alkanes) is 1. The lowest BCUT2D eigenvalue weighted by molar-refractivity contribution is 0.0924. The zero-order valence-electron chi connectivity index (χ0n) is 14.9. The number of thioether (sulfide) groups is 1. The molecule has 1 heterocycles. The quantitative estimate of drug-likeness (QED) is 0.584. The van der Waals surface area contributed by atoms with Crippen molar-refractivity contribution in [2.24, 2.45) is 0 Å². The molecule has 142 valence electrons. The number of carbonyl (C=O) groups excluding carboxylic acids is 1. The van der Waals surface area contributed by atoms with Crippen LogP contribution in [0.15, 0.2) is 51.8 Å². The van der Waals surface area contributed by atoms with E-state index in [-0.39, 0.29) is 28.1 Å². The molecule has 0 aliphatic heterocycles. The highest BCUT2D eigenvalue weighted by atomic mass is 32.2. The molecule has 0 saturated carbocycles. The van der Waals surface area contributed by atoms with Crippen molar-refractivity contribution in [2.75, 3.05) is 18.1 Å². The number of carbonyl (C=O) groups is 1. The topological polar surface area (TPSA) is 76.4 Å². The number of hydrogen-bond acceptors (Lipinski definition) is 5. The number of benzene rings is 1. The van der Waals surface area contributed by atoms with Gasteiger partial charge < -0.3 is 9.73 Å². The highest BCUT2D eigenvalue weighted by Gasteiger charge is 2.19. The van der Waals surface area contributed by atoms with Crippen LogP contribution in [0.4, 0.5) is 0 Å². The minimum atomic E-state index is -3.49. The largest absolute Gasteiger partial charge is 0.455 e. The molecule has 7 heteroatoms. The van der Waals surface area contributed by atoms with E-state index in [1.165, 1.54) is 25.0 Å². The van der Waals surface area contributed by atoms with Crippen LogP contribution in [0.2, 0.25) is 0 Å². The van der Waals surface area contributed by atoms with Gasteiger partial charge in [-0.1, -0.05) is 31.5 Å². The summed E-state index contributed by atoms with van der Waals surface area (Å²) in [7, 11) is -3.49. The Labute approximate surface area is 159 Å². The van der Waals surface area contributed by atoms with Gasteiger partial charge in [-0.05, 0) is 48.6 Å². The summed E-state index contributed by atoms with van der Waals surface area (Å²) in [6, 6.07) is 11.3. The van der Waals surface area contributed by atoms with Gasteiger partial charge in [-0.25, -0.2) is 8.42 Å². The van der Waals surface area contributed by atoms with Crippen LogP contribution < -0.4 is 5.32 Å². The molecule has 1 aromatic carbocycles. The minimum Gasteiger partial charge on any atom is -0.455 e. The van der Waals surface area contributed by atoms with Crippen molar-refractivity contribution in [3.63, 3.8) is 0 Å². The van der Waals surface area contributed by atoms with E-state index in [0.29, 0.717) is 6.54 Å². The zero-order chi connectivity index (χ0) is 18.8. The third kappa shape index (κ3) is 6.53. The zero-order valence-corrected chi connectivity index (χ0v) is 16.6. The van der Waals surface area contributed by atoms with Crippen molar-refractivity contribution in [2.45, 2.75) is 36.8 Å². The monoisotopic (exact) mass is 395 g/mol. The Kier molecular flexibility index (Phi) is 8.25. The molecule has 0 saturated heterocycles. The molecular weight excluding hydrogens is 370 g/mol.